The van der Waals surface area contributed by atoms with Crippen molar-refractivity contribution in [3.63, 3.8) is 0 Å². The molecule has 5 rings (SSSR count). The Hall–Kier alpha value is -3.52. The number of nitrogens with zero attached hydrogens (tertiary/aromatic N) is 5. The van der Waals surface area contributed by atoms with E-state index in [0.717, 1.165) is 39.7 Å². The zero-order valence-corrected chi connectivity index (χ0v) is 18.0. The molecule has 0 bridgehead atoms. The molecule has 0 saturated carbocycles. The normalized spacial score (nSPS) is 14.1. The van der Waals surface area contributed by atoms with Crippen LogP contribution in [0, 0.1) is 6.92 Å². The van der Waals surface area contributed by atoms with E-state index in [0.29, 0.717) is 24.7 Å². The Morgan fingerprint density at radius 2 is 1.77 bits per heavy atom. The molecule has 8 heteroatoms. The fourth-order valence-electron chi connectivity index (χ4n) is 3.73. The number of pyridine rings is 1. The number of carbonyl (C=O) groups excluding carboxylic acids is 1. The Morgan fingerprint density at radius 1 is 0.968 bits per heavy atom. The number of rotatable bonds is 4. The summed E-state index contributed by atoms with van der Waals surface area (Å²) in [5.41, 5.74) is 0. The van der Waals surface area contributed by atoms with Crippen LogP contribution in [0.2, 0.25) is 0 Å². The number of benzene rings is 1. The van der Waals surface area contributed by atoms with Crippen molar-refractivity contribution in [1.29, 1.82) is 0 Å². The first-order valence-corrected chi connectivity index (χ1v) is 11.0. The Balaban J connectivity index is 1.27. The van der Waals surface area contributed by atoms with Gasteiger partial charge in [-0.3, -0.25) is 4.79 Å². The van der Waals surface area contributed by atoms with Crippen molar-refractivity contribution in [3.8, 4) is 0 Å². The lowest BCUT2D eigenvalue weighted by Gasteiger charge is -2.35. The Kier molecular flexibility index (Phi) is 5.21. The summed E-state index contributed by atoms with van der Waals surface area (Å²) >= 11 is 1.56. The van der Waals surface area contributed by atoms with E-state index in [4.69, 9.17) is 0 Å². The van der Waals surface area contributed by atoms with Gasteiger partial charge in [0.25, 0.3) is 5.91 Å². The molecule has 3 aromatic heterocycles. The van der Waals surface area contributed by atoms with Gasteiger partial charge >= 0.3 is 0 Å². The van der Waals surface area contributed by atoms with Crippen LogP contribution in [0.5, 0.6) is 0 Å². The number of aryl methyl sites for hydroxylation is 1. The van der Waals surface area contributed by atoms with Gasteiger partial charge in [0.05, 0.1) is 4.88 Å². The zero-order chi connectivity index (χ0) is 21.2. The third-order valence-corrected chi connectivity index (χ3v) is 6.38. The van der Waals surface area contributed by atoms with Gasteiger partial charge < -0.3 is 15.1 Å². The number of carbonyl (C=O) groups is 1. The molecule has 0 spiro atoms. The van der Waals surface area contributed by atoms with Gasteiger partial charge in [-0.1, -0.05) is 24.3 Å². The quantitative estimate of drug-likeness (QED) is 0.525. The standard InChI is InChI=1S/C23H22N6OS/c1-16-25-21(27-20-8-4-5-9-24-20)15-22(26-16)28-10-12-29(13-11-28)23(30)19-14-17-6-2-3-7-18(17)31-19/h2-9,14-15H,10-13H2,1H3,(H,24,25,26,27). The van der Waals surface area contributed by atoms with Crippen LogP contribution in [0.4, 0.5) is 17.5 Å². The molecule has 1 fully saturated rings. The van der Waals surface area contributed by atoms with Crippen LogP contribution >= 0.6 is 11.3 Å². The van der Waals surface area contributed by atoms with Gasteiger partial charge in [0.1, 0.15) is 23.3 Å². The number of aromatic nitrogens is 3. The SMILES string of the molecule is Cc1nc(Nc2ccccn2)cc(N2CCN(C(=O)c3cc4ccccc4s3)CC2)n1. The van der Waals surface area contributed by atoms with Crippen molar-refractivity contribution in [1.82, 2.24) is 19.9 Å². The molecule has 4 heterocycles. The van der Waals surface area contributed by atoms with Crippen molar-refractivity contribution in [2.75, 3.05) is 36.4 Å². The number of thiophene rings is 1. The molecule has 31 heavy (non-hydrogen) atoms. The minimum atomic E-state index is 0.109. The van der Waals surface area contributed by atoms with Gasteiger partial charge in [-0.15, -0.1) is 11.3 Å². The highest BCUT2D eigenvalue weighted by Crippen LogP contribution is 2.27. The Bertz CT molecular complexity index is 1180. The first kappa shape index (κ1) is 19.4. The highest BCUT2D eigenvalue weighted by atomic mass is 32.1. The van der Waals surface area contributed by atoms with Crippen LogP contribution in [-0.2, 0) is 0 Å². The van der Waals surface area contributed by atoms with Crippen molar-refractivity contribution in [2.24, 2.45) is 0 Å². The molecule has 1 N–H and O–H groups in total. The van der Waals surface area contributed by atoms with E-state index >= 15 is 0 Å². The minimum absolute atomic E-state index is 0.109. The minimum Gasteiger partial charge on any atom is -0.353 e. The van der Waals surface area contributed by atoms with E-state index in [-0.39, 0.29) is 5.91 Å². The van der Waals surface area contributed by atoms with Crippen LogP contribution in [0.3, 0.4) is 0 Å². The van der Waals surface area contributed by atoms with Crippen LogP contribution in [0.1, 0.15) is 15.5 Å². The van der Waals surface area contributed by atoms with E-state index in [1.807, 2.05) is 54.3 Å². The second-order valence-corrected chi connectivity index (χ2v) is 8.51. The fourth-order valence-corrected chi connectivity index (χ4v) is 4.76. The van der Waals surface area contributed by atoms with E-state index in [9.17, 15) is 4.79 Å². The third-order valence-electron chi connectivity index (χ3n) is 5.27. The van der Waals surface area contributed by atoms with Gasteiger partial charge in [-0.25, -0.2) is 15.0 Å². The summed E-state index contributed by atoms with van der Waals surface area (Å²) in [5.74, 6) is 3.12. The van der Waals surface area contributed by atoms with Gasteiger partial charge in [0, 0.05) is 43.1 Å². The first-order valence-electron chi connectivity index (χ1n) is 10.2. The summed E-state index contributed by atoms with van der Waals surface area (Å²) < 4.78 is 1.15. The number of amides is 1. The summed E-state index contributed by atoms with van der Waals surface area (Å²) in [5, 5.41) is 4.36. The molecular weight excluding hydrogens is 408 g/mol. The average Bonchev–Trinajstić information content (AvgIpc) is 3.23. The van der Waals surface area contributed by atoms with Gasteiger partial charge in [-0.2, -0.15) is 0 Å². The number of hydrogen-bond acceptors (Lipinski definition) is 7. The molecule has 0 unspecified atom stereocenters. The second kappa shape index (κ2) is 8.31. The molecule has 1 aliphatic rings. The molecule has 0 radical (unpaired) electrons. The summed E-state index contributed by atoms with van der Waals surface area (Å²) in [6.07, 6.45) is 1.74. The second-order valence-electron chi connectivity index (χ2n) is 7.43. The van der Waals surface area contributed by atoms with Crippen LogP contribution in [-0.4, -0.2) is 51.9 Å². The highest BCUT2D eigenvalue weighted by Gasteiger charge is 2.24. The van der Waals surface area contributed by atoms with Crippen LogP contribution in [0.25, 0.3) is 10.1 Å². The number of fused-ring (bicyclic) bond motifs is 1. The molecular formula is C23H22N6OS. The summed E-state index contributed by atoms with van der Waals surface area (Å²) in [6, 6.07) is 17.8. The maximum absolute atomic E-state index is 13.0. The van der Waals surface area contributed by atoms with Crippen molar-refractivity contribution in [2.45, 2.75) is 6.92 Å². The predicted octanol–water partition coefficient (Wildman–Crippen LogP) is 4.10. The smallest absolute Gasteiger partial charge is 0.264 e. The van der Waals surface area contributed by atoms with E-state index in [1.54, 1.807) is 17.5 Å². The number of nitrogens with one attached hydrogen (secondary N) is 1. The fraction of sp³-hybridized carbons (Fsp3) is 0.217. The monoisotopic (exact) mass is 430 g/mol. The number of hydrogen-bond donors (Lipinski definition) is 1. The molecule has 7 nitrogen and oxygen atoms in total. The maximum Gasteiger partial charge on any atom is 0.264 e. The van der Waals surface area contributed by atoms with Crippen molar-refractivity contribution in [3.05, 3.63) is 71.5 Å². The van der Waals surface area contributed by atoms with Gasteiger partial charge in [-0.05, 0) is 36.6 Å². The largest absolute Gasteiger partial charge is 0.353 e. The first-order chi connectivity index (χ1) is 15.2. The molecule has 1 saturated heterocycles. The van der Waals surface area contributed by atoms with Gasteiger partial charge in [0.2, 0.25) is 0 Å². The molecule has 0 aliphatic carbocycles. The van der Waals surface area contributed by atoms with Crippen molar-refractivity contribution < 1.29 is 4.79 Å². The lowest BCUT2D eigenvalue weighted by Crippen LogP contribution is -2.49. The van der Waals surface area contributed by atoms with Crippen molar-refractivity contribution >= 4 is 44.8 Å². The van der Waals surface area contributed by atoms with Gasteiger partial charge in [0.15, 0.2) is 0 Å². The number of piperazine rings is 1. The van der Waals surface area contributed by atoms with E-state index < -0.39 is 0 Å². The Morgan fingerprint density at radius 3 is 2.55 bits per heavy atom. The maximum atomic E-state index is 13.0. The lowest BCUT2D eigenvalue weighted by molar-refractivity contribution is 0.0751. The summed E-state index contributed by atoms with van der Waals surface area (Å²) in [6.45, 7) is 4.68. The van der Waals surface area contributed by atoms with Crippen LogP contribution < -0.4 is 10.2 Å². The summed E-state index contributed by atoms with van der Waals surface area (Å²) in [7, 11) is 0. The van der Waals surface area contributed by atoms with E-state index in [1.165, 1.54) is 0 Å². The number of anilines is 3. The topological polar surface area (TPSA) is 74.2 Å². The molecule has 0 atom stereocenters. The molecule has 156 valence electrons. The summed E-state index contributed by atoms with van der Waals surface area (Å²) in [4.78, 5) is 31.3. The molecule has 1 amide bonds. The molecule has 4 aromatic rings. The highest BCUT2D eigenvalue weighted by molar-refractivity contribution is 7.20. The zero-order valence-electron chi connectivity index (χ0n) is 17.2. The molecule has 1 aromatic carbocycles. The Labute approximate surface area is 184 Å². The third kappa shape index (κ3) is 4.20. The predicted molar refractivity (Wildman–Crippen MR) is 124 cm³/mol. The van der Waals surface area contributed by atoms with Crippen LogP contribution in [0.15, 0.2) is 60.8 Å². The average molecular weight is 431 g/mol. The van der Waals surface area contributed by atoms with E-state index in [2.05, 4.69) is 37.3 Å². The molecule has 1 aliphatic heterocycles. The lowest BCUT2D eigenvalue weighted by atomic mass is 10.2.